The first-order chi connectivity index (χ1) is 13.1. The molecule has 27 heavy (non-hydrogen) atoms. The molecule has 7 heteroatoms. The van der Waals surface area contributed by atoms with Crippen molar-refractivity contribution in [1.29, 1.82) is 0 Å². The van der Waals surface area contributed by atoms with Crippen LogP contribution in [-0.2, 0) is 6.54 Å². The van der Waals surface area contributed by atoms with Gasteiger partial charge in [0.2, 0.25) is 5.95 Å². The topological polar surface area (TPSA) is 61.7 Å². The summed E-state index contributed by atoms with van der Waals surface area (Å²) in [6, 6.07) is 9.44. The largest absolute Gasteiger partial charge is 0.491 e. The smallest absolute Gasteiger partial charge is 0.225 e. The number of nitrogens with zero attached hydrogens (tertiary/aromatic N) is 4. The van der Waals surface area contributed by atoms with Crippen LogP contribution in [0.3, 0.4) is 0 Å². The number of ether oxygens (including phenoxy) is 1. The maximum atomic E-state index is 12.2. The Morgan fingerprint density at radius 3 is 2.70 bits per heavy atom. The van der Waals surface area contributed by atoms with Crippen molar-refractivity contribution in [2.24, 2.45) is 0 Å². The average molecular weight is 374 g/mol. The van der Waals surface area contributed by atoms with Crippen molar-refractivity contribution >= 4 is 5.95 Å². The number of aromatic nitrogens is 2. The van der Waals surface area contributed by atoms with Crippen LogP contribution in [-0.4, -0.2) is 65.5 Å². The molecule has 2 heterocycles. The highest BCUT2D eigenvalue weighted by Crippen LogP contribution is 2.25. The molecule has 0 spiro atoms. The van der Waals surface area contributed by atoms with E-state index in [0.29, 0.717) is 31.3 Å². The second kappa shape index (κ2) is 9.10. The molecular formula is C20H27FN4O2. The molecule has 0 bridgehead atoms. The fourth-order valence-corrected chi connectivity index (χ4v) is 3.58. The number of alkyl halides is 1. The molecule has 1 atom stereocenters. The van der Waals surface area contributed by atoms with Crippen molar-refractivity contribution < 1.29 is 14.2 Å². The van der Waals surface area contributed by atoms with Crippen molar-refractivity contribution in [2.75, 3.05) is 44.9 Å². The SMILES string of the molecule is CN(Cc1ccc(OCCF)cc1)C[C@@]1(O)CCCN(c2ncccn2)C1. The molecule has 1 N–H and O–H groups in total. The quantitative estimate of drug-likeness (QED) is 0.765. The number of halogens is 1. The molecule has 3 rings (SSSR count). The molecule has 0 radical (unpaired) electrons. The van der Waals surface area contributed by atoms with Crippen molar-refractivity contribution in [3.05, 3.63) is 48.3 Å². The zero-order valence-corrected chi connectivity index (χ0v) is 15.7. The molecule has 1 aliphatic rings. The zero-order valence-electron chi connectivity index (χ0n) is 15.7. The van der Waals surface area contributed by atoms with E-state index in [1.807, 2.05) is 36.2 Å². The van der Waals surface area contributed by atoms with Crippen LogP contribution in [0.5, 0.6) is 5.75 Å². The third-order valence-electron chi connectivity index (χ3n) is 4.68. The first-order valence-electron chi connectivity index (χ1n) is 9.29. The first-order valence-corrected chi connectivity index (χ1v) is 9.29. The van der Waals surface area contributed by atoms with Gasteiger partial charge < -0.3 is 14.7 Å². The number of anilines is 1. The van der Waals surface area contributed by atoms with Gasteiger partial charge in [0.05, 0.1) is 12.1 Å². The van der Waals surface area contributed by atoms with E-state index in [4.69, 9.17) is 4.74 Å². The third kappa shape index (κ3) is 5.61. The lowest BCUT2D eigenvalue weighted by molar-refractivity contribution is -0.00366. The lowest BCUT2D eigenvalue weighted by Crippen LogP contribution is -2.54. The molecular weight excluding hydrogens is 347 g/mol. The Labute approximate surface area is 159 Å². The molecule has 0 aliphatic carbocycles. The lowest BCUT2D eigenvalue weighted by atomic mass is 9.92. The summed E-state index contributed by atoms with van der Waals surface area (Å²) in [5.74, 6) is 1.34. The van der Waals surface area contributed by atoms with E-state index in [0.717, 1.165) is 24.9 Å². The number of rotatable bonds is 8. The minimum atomic E-state index is -0.795. The number of hydrogen-bond acceptors (Lipinski definition) is 6. The van der Waals surface area contributed by atoms with Crippen molar-refractivity contribution in [2.45, 2.75) is 25.0 Å². The van der Waals surface area contributed by atoms with Crippen LogP contribution in [0.2, 0.25) is 0 Å². The molecule has 1 fully saturated rings. The van der Waals surface area contributed by atoms with Crippen molar-refractivity contribution in [3.63, 3.8) is 0 Å². The number of β-amino-alcohol motifs (C(OH)–C–C–N with tert-alkyl or cyclic N) is 1. The number of likely N-dealkylation sites (N-methyl/N-ethyl adjacent to an activating group) is 1. The van der Waals surface area contributed by atoms with Gasteiger partial charge in [-0.05, 0) is 43.7 Å². The van der Waals surface area contributed by atoms with Crippen LogP contribution in [0.25, 0.3) is 0 Å². The molecule has 0 saturated carbocycles. The Morgan fingerprint density at radius 2 is 2.00 bits per heavy atom. The Hall–Kier alpha value is -2.25. The van der Waals surface area contributed by atoms with Gasteiger partial charge in [-0.1, -0.05) is 12.1 Å². The first kappa shape index (κ1) is 19.5. The summed E-state index contributed by atoms with van der Waals surface area (Å²) in [5, 5.41) is 11.1. The molecule has 146 valence electrons. The Bertz CT molecular complexity index is 701. The Kier molecular flexibility index (Phi) is 6.58. The number of piperidine rings is 1. The fraction of sp³-hybridized carbons (Fsp3) is 0.500. The van der Waals surface area contributed by atoms with Crippen LogP contribution in [0.4, 0.5) is 10.3 Å². The van der Waals surface area contributed by atoms with E-state index >= 15 is 0 Å². The Balaban J connectivity index is 1.55. The third-order valence-corrected chi connectivity index (χ3v) is 4.68. The van der Waals surface area contributed by atoms with E-state index in [-0.39, 0.29) is 6.61 Å². The van der Waals surface area contributed by atoms with E-state index in [1.54, 1.807) is 18.5 Å². The van der Waals surface area contributed by atoms with Crippen LogP contribution < -0.4 is 9.64 Å². The molecule has 6 nitrogen and oxygen atoms in total. The van der Waals surface area contributed by atoms with Gasteiger partial charge in [-0.25, -0.2) is 14.4 Å². The summed E-state index contributed by atoms with van der Waals surface area (Å²) in [7, 11) is 2.00. The summed E-state index contributed by atoms with van der Waals surface area (Å²) < 4.78 is 17.4. The maximum Gasteiger partial charge on any atom is 0.225 e. The monoisotopic (exact) mass is 374 g/mol. The van der Waals surface area contributed by atoms with E-state index < -0.39 is 12.3 Å². The van der Waals surface area contributed by atoms with Gasteiger partial charge in [0.1, 0.15) is 19.0 Å². The van der Waals surface area contributed by atoms with Gasteiger partial charge in [-0.15, -0.1) is 0 Å². The average Bonchev–Trinajstić information content (AvgIpc) is 2.67. The lowest BCUT2D eigenvalue weighted by Gasteiger charge is -2.41. The van der Waals surface area contributed by atoms with Crippen LogP contribution in [0, 0.1) is 0 Å². The summed E-state index contributed by atoms with van der Waals surface area (Å²) in [5.41, 5.74) is 0.323. The summed E-state index contributed by atoms with van der Waals surface area (Å²) in [6.45, 7) is 2.25. The zero-order chi connectivity index (χ0) is 19.1. The summed E-state index contributed by atoms with van der Waals surface area (Å²) >= 11 is 0. The second-order valence-electron chi connectivity index (χ2n) is 7.15. The molecule has 2 aromatic rings. The predicted octanol–water partition coefficient (Wildman–Crippen LogP) is 2.29. The number of aliphatic hydroxyl groups is 1. The number of hydrogen-bond donors (Lipinski definition) is 1. The standard InChI is InChI=1S/C20H27FN4O2/c1-24(14-17-4-6-18(7-5-17)27-13-9-21)15-20(26)8-2-12-25(16-20)19-22-10-3-11-23-19/h3-7,10-11,26H,2,8-9,12-16H2,1H3/t20-/m0/s1. The van der Waals surface area contributed by atoms with E-state index in [1.165, 1.54) is 0 Å². The molecule has 0 amide bonds. The minimum absolute atomic E-state index is 0.0773. The second-order valence-corrected chi connectivity index (χ2v) is 7.15. The predicted molar refractivity (Wildman–Crippen MR) is 103 cm³/mol. The van der Waals surface area contributed by atoms with Crippen LogP contribution >= 0.6 is 0 Å². The van der Waals surface area contributed by atoms with Gasteiger partial charge >= 0.3 is 0 Å². The highest BCUT2D eigenvalue weighted by atomic mass is 19.1. The molecule has 1 saturated heterocycles. The van der Waals surface area contributed by atoms with Gasteiger partial charge in [-0.3, -0.25) is 4.90 Å². The number of benzene rings is 1. The van der Waals surface area contributed by atoms with Crippen molar-refractivity contribution in [3.8, 4) is 5.75 Å². The minimum Gasteiger partial charge on any atom is -0.491 e. The summed E-state index contributed by atoms with van der Waals surface area (Å²) in [4.78, 5) is 12.8. The molecule has 1 aromatic heterocycles. The van der Waals surface area contributed by atoms with Gasteiger partial charge in [0.15, 0.2) is 0 Å². The van der Waals surface area contributed by atoms with E-state index in [9.17, 15) is 9.50 Å². The highest BCUT2D eigenvalue weighted by Gasteiger charge is 2.35. The van der Waals surface area contributed by atoms with Crippen LogP contribution in [0.15, 0.2) is 42.7 Å². The van der Waals surface area contributed by atoms with Crippen LogP contribution in [0.1, 0.15) is 18.4 Å². The van der Waals surface area contributed by atoms with Gasteiger partial charge in [-0.2, -0.15) is 0 Å². The van der Waals surface area contributed by atoms with Gasteiger partial charge in [0, 0.05) is 32.0 Å². The molecule has 1 aliphatic heterocycles. The molecule has 1 aromatic carbocycles. The molecule has 0 unspecified atom stereocenters. The Morgan fingerprint density at radius 1 is 1.26 bits per heavy atom. The summed E-state index contributed by atoms with van der Waals surface area (Å²) in [6.07, 6.45) is 5.12. The highest BCUT2D eigenvalue weighted by molar-refractivity contribution is 5.31. The van der Waals surface area contributed by atoms with Gasteiger partial charge in [0.25, 0.3) is 0 Å². The fourth-order valence-electron chi connectivity index (χ4n) is 3.58. The maximum absolute atomic E-state index is 12.2. The van der Waals surface area contributed by atoms with Crippen molar-refractivity contribution in [1.82, 2.24) is 14.9 Å². The normalized spacial score (nSPS) is 20.1. The van der Waals surface area contributed by atoms with E-state index in [2.05, 4.69) is 14.9 Å².